The SMILES string of the molecule is CC(C)c1ccc(C(=O)N2CCC(C(N)=O)(N3CCCCC3)CC2)cc1. The van der Waals surface area contributed by atoms with Gasteiger partial charge in [-0.15, -0.1) is 0 Å². The summed E-state index contributed by atoms with van der Waals surface area (Å²) in [6, 6.07) is 7.89. The first kappa shape index (κ1) is 18.9. The highest BCUT2D eigenvalue weighted by Gasteiger charge is 2.45. The Bertz CT molecular complexity index is 640. The van der Waals surface area contributed by atoms with Crippen molar-refractivity contribution in [3.8, 4) is 0 Å². The van der Waals surface area contributed by atoms with Crippen molar-refractivity contribution in [3.63, 3.8) is 0 Å². The quantitative estimate of drug-likeness (QED) is 0.901. The van der Waals surface area contributed by atoms with Crippen LogP contribution in [0.2, 0.25) is 0 Å². The predicted molar refractivity (Wildman–Crippen MR) is 103 cm³/mol. The van der Waals surface area contributed by atoms with Gasteiger partial charge >= 0.3 is 0 Å². The van der Waals surface area contributed by atoms with Crippen molar-refractivity contribution in [2.45, 2.75) is 57.4 Å². The van der Waals surface area contributed by atoms with E-state index in [4.69, 9.17) is 5.73 Å². The van der Waals surface area contributed by atoms with Crippen LogP contribution in [0.5, 0.6) is 0 Å². The second-order valence-electron chi connectivity index (χ2n) is 8.01. The lowest BCUT2D eigenvalue weighted by Gasteiger charge is -2.48. The predicted octanol–water partition coefficient (Wildman–Crippen LogP) is 2.76. The number of primary amides is 1. The highest BCUT2D eigenvalue weighted by atomic mass is 16.2. The van der Waals surface area contributed by atoms with Crippen molar-refractivity contribution in [1.82, 2.24) is 9.80 Å². The molecule has 5 heteroatoms. The molecule has 1 aromatic carbocycles. The number of amides is 2. The number of carbonyl (C=O) groups is 2. The number of carbonyl (C=O) groups excluding carboxylic acids is 2. The second-order valence-corrected chi connectivity index (χ2v) is 8.01. The smallest absolute Gasteiger partial charge is 0.253 e. The number of nitrogens with zero attached hydrogens (tertiary/aromatic N) is 2. The molecule has 2 heterocycles. The van der Waals surface area contributed by atoms with Crippen LogP contribution in [0.3, 0.4) is 0 Å². The summed E-state index contributed by atoms with van der Waals surface area (Å²) in [4.78, 5) is 29.3. The van der Waals surface area contributed by atoms with E-state index in [9.17, 15) is 9.59 Å². The number of rotatable bonds is 4. The van der Waals surface area contributed by atoms with E-state index in [1.165, 1.54) is 12.0 Å². The lowest BCUT2D eigenvalue weighted by molar-refractivity contribution is -0.134. The zero-order valence-electron chi connectivity index (χ0n) is 16.0. The minimum atomic E-state index is -0.571. The van der Waals surface area contributed by atoms with Crippen molar-refractivity contribution in [2.24, 2.45) is 5.73 Å². The van der Waals surface area contributed by atoms with Crippen molar-refractivity contribution >= 4 is 11.8 Å². The molecule has 2 N–H and O–H groups in total. The molecule has 142 valence electrons. The molecule has 0 spiro atoms. The van der Waals surface area contributed by atoms with Gasteiger partial charge in [0.15, 0.2) is 0 Å². The molecule has 0 unspecified atom stereocenters. The van der Waals surface area contributed by atoms with Gasteiger partial charge in [0.2, 0.25) is 5.91 Å². The molecule has 2 aliphatic rings. The Hall–Kier alpha value is -1.88. The summed E-state index contributed by atoms with van der Waals surface area (Å²) >= 11 is 0. The van der Waals surface area contributed by atoms with Crippen molar-refractivity contribution in [2.75, 3.05) is 26.2 Å². The van der Waals surface area contributed by atoms with Crippen molar-refractivity contribution in [3.05, 3.63) is 35.4 Å². The molecule has 26 heavy (non-hydrogen) atoms. The molecule has 1 aromatic rings. The van der Waals surface area contributed by atoms with Crippen LogP contribution >= 0.6 is 0 Å². The maximum absolute atomic E-state index is 12.8. The Labute approximate surface area is 156 Å². The van der Waals surface area contributed by atoms with E-state index in [0.29, 0.717) is 31.8 Å². The van der Waals surface area contributed by atoms with Gasteiger partial charge in [0.25, 0.3) is 5.91 Å². The van der Waals surface area contributed by atoms with Crippen LogP contribution in [0, 0.1) is 0 Å². The monoisotopic (exact) mass is 357 g/mol. The number of hydrogen-bond donors (Lipinski definition) is 1. The van der Waals surface area contributed by atoms with E-state index < -0.39 is 5.54 Å². The molecular formula is C21H31N3O2. The van der Waals surface area contributed by atoms with Crippen molar-refractivity contribution < 1.29 is 9.59 Å². The molecule has 2 saturated heterocycles. The van der Waals surface area contributed by atoms with Crippen LogP contribution in [-0.4, -0.2) is 53.3 Å². The van der Waals surface area contributed by atoms with Gasteiger partial charge in [-0.3, -0.25) is 14.5 Å². The molecule has 0 aliphatic carbocycles. The highest BCUT2D eigenvalue weighted by molar-refractivity contribution is 5.94. The van der Waals surface area contributed by atoms with Crippen molar-refractivity contribution in [1.29, 1.82) is 0 Å². The van der Waals surface area contributed by atoms with E-state index in [2.05, 4.69) is 18.7 Å². The lowest BCUT2D eigenvalue weighted by Crippen LogP contribution is -2.63. The third-order valence-corrected chi connectivity index (χ3v) is 6.12. The number of piperidine rings is 2. The molecular weight excluding hydrogens is 326 g/mol. The van der Waals surface area contributed by atoms with Gasteiger partial charge < -0.3 is 10.6 Å². The largest absolute Gasteiger partial charge is 0.368 e. The summed E-state index contributed by atoms with van der Waals surface area (Å²) in [5, 5.41) is 0. The van der Waals surface area contributed by atoms with Gasteiger partial charge in [-0.25, -0.2) is 0 Å². The summed E-state index contributed by atoms with van der Waals surface area (Å²) in [7, 11) is 0. The van der Waals surface area contributed by atoms with E-state index in [-0.39, 0.29) is 11.8 Å². The number of benzene rings is 1. The zero-order valence-corrected chi connectivity index (χ0v) is 16.0. The normalized spacial score (nSPS) is 21.0. The van der Waals surface area contributed by atoms with Gasteiger partial charge in [-0.1, -0.05) is 32.4 Å². The second kappa shape index (κ2) is 7.78. The zero-order chi connectivity index (χ0) is 18.7. The molecule has 0 radical (unpaired) electrons. The summed E-state index contributed by atoms with van der Waals surface area (Å²) < 4.78 is 0. The fourth-order valence-electron chi connectivity index (χ4n) is 4.31. The van der Waals surface area contributed by atoms with Gasteiger partial charge in [-0.05, 0) is 62.4 Å². The molecule has 0 atom stereocenters. The average molecular weight is 357 g/mol. The van der Waals surface area contributed by atoms with Crippen LogP contribution in [0.15, 0.2) is 24.3 Å². The maximum atomic E-state index is 12.8. The van der Waals surface area contributed by atoms with E-state index in [1.807, 2.05) is 29.2 Å². The first-order chi connectivity index (χ1) is 12.4. The Kier molecular flexibility index (Phi) is 5.66. The fraction of sp³-hybridized carbons (Fsp3) is 0.619. The van der Waals surface area contributed by atoms with E-state index in [1.54, 1.807) is 0 Å². The molecule has 2 aliphatic heterocycles. The Balaban J connectivity index is 1.68. The number of likely N-dealkylation sites (tertiary alicyclic amines) is 2. The summed E-state index contributed by atoms with van der Waals surface area (Å²) in [5.41, 5.74) is 7.21. The molecule has 3 rings (SSSR count). The van der Waals surface area contributed by atoms with Crippen LogP contribution in [-0.2, 0) is 4.79 Å². The topological polar surface area (TPSA) is 66.6 Å². The van der Waals surface area contributed by atoms with Gasteiger partial charge in [0.05, 0.1) is 0 Å². The highest BCUT2D eigenvalue weighted by Crippen LogP contribution is 2.32. The minimum Gasteiger partial charge on any atom is -0.368 e. The van der Waals surface area contributed by atoms with Crippen LogP contribution in [0.1, 0.15) is 67.8 Å². The standard InChI is InChI=1S/C21H31N3O2/c1-16(2)17-6-8-18(9-7-17)19(25)23-14-10-21(11-15-23,20(22)26)24-12-4-3-5-13-24/h6-9,16H,3-5,10-15H2,1-2H3,(H2,22,26). The Morgan fingerprint density at radius 2 is 1.54 bits per heavy atom. The summed E-state index contributed by atoms with van der Waals surface area (Å²) in [6.45, 7) is 7.34. The lowest BCUT2D eigenvalue weighted by atomic mass is 9.83. The molecule has 0 saturated carbocycles. The Morgan fingerprint density at radius 3 is 2.04 bits per heavy atom. The molecule has 0 bridgehead atoms. The van der Waals surface area contributed by atoms with E-state index in [0.717, 1.165) is 31.5 Å². The third-order valence-electron chi connectivity index (χ3n) is 6.12. The van der Waals surface area contributed by atoms with Gasteiger partial charge in [0.1, 0.15) is 5.54 Å². The molecule has 2 fully saturated rings. The third kappa shape index (κ3) is 3.63. The summed E-state index contributed by atoms with van der Waals surface area (Å²) in [5.74, 6) is 0.277. The van der Waals surface area contributed by atoms with Crippen LogP contribution < -0.4 is 5.73 Å². The fourth-order valence-corrected chi connectivity index (χ4v) is 4.31. The molecule has 0 aromatic heterocycles. The molecule has 5 nitrogen and oxygen atoms in total. The van der Waals surface area contributed by atoms with Crippen LogP contribution in [0.4, 0.5) is 0 Å². The maximum Gasteiger partial charge on any atom is 0.253 e. The summed E-state index contributed by atoms with van der Waals surface area (Å²) in [6.07, 6.45) is 4.75. The van der Waals surface area contributed by atoms with Gasteiger partial charge in [-0.2, -0.15) is 0 Å². The van der Waals surface area contributed by atoms with Gasteiger partial charge in [0, 0.05) is 18.7 Å². The minimum absolute atomic E-state index is 0.0528. The Morgan fingerprint density at radius 1 is 0.962 bits per heavy atom. The first-order valence-electron chi connectivity index (χ1n) is 9.88. The van der Waals surface area contributed by atoms with Crippen LogP contribution in [0.25, 0.3) is 0 Å². The first-order valence-corrected chi connectivity index (χ1v) is 9.88. The van der Waals surface area contributed by atoms with E-state index >= 15 is 0 Å². The molecule has 2 amide bonds. The average Bonchev–Trinajstić information content (AvgIpc) is 2.68. The number of hydrogen-bond acceptors (Lipinski definition) is 3. The number of nitrogens with two attached hydrogens (primary N) is 1.